The fraction of sp³-hybridized carbons (Fsp3) is 0.385. The SMILES string of the molecule is COc1ccc(CCC(=O)CC(C)=O)cc1. The lowest BCUT2D eigenvalue weighted by molar-refractivity contribution is -0.125. The van der Waals surface area contributed by atoms with Crippen molar-refractivity contribution in [3.63, 3.8) is 0 Å². The van der Waals surface area contributed by atoms with Gasteiger partial charge in [0.25, 0.3) is 0 Å². The summed E-state index contributed by atoms with van der Waals surface area (Å²) in [6, 6.07) is 7.59. The van der Waals surface area contributed by atoms with Crippen LogP contribution in [0.15, 0.2) is 24.3 Å². The number of ether oxygens (including phenoxy) is 1. The molecule has 0 saturated carbocycles. The Morgan fingerprint density at radius 1 is 1.19 bits per heavy atom. The van der Waals surface area contributed by atoms with E-state index in [0.29, 0.717) is 12.8 Å². The summed E-state index contributed by atoms with van der Waals surface area (Å²) >= 11 is 0. The van der Waals surface area contributed by atoms with E-state index < -0.39 is 0 Å². The molecule has 0 radical (unpaired) electrons. The molecule has 0 spiro atoms. The van der Waals surface area contributed by atoms with Gasteiger partial charge in [-0.1, -0.05) is 12.1 Å². The van der Waals surface area contributed by atoms with Crippen molar-refractivity contribution in [2.75, 3.05) is 7.11 Å². The Morgan fingerprint density at radius 2 is 1.81 bits per heavy atom. The Labute approximate surface area is 95.4 Å². The summed E-state index contributed by atoms with van der Waals surface area (Å²) in [6.45, 7) is 1.44. The number of Topliss-reactive ketones (excluding diaryl/α,β-unsaturated/α-hetero) is 2. The minimum atomic E-state index is -0.0697. The predicted octanol–water partition coefficient (Wildman–Crippen LogP) is 2.18. The molecule has 0 aromatic heterocycles. The number of methoxy groups -OCH3 is 1. The number of hydrogen-bond acceptors (Lipinski definition) is 3. The highest BCUT2D eigenvalue weighted by Crippen LogP contribution is 2.12. The third-order valence-electron chi connectivity index (χ3n) is 2.30. The monoisotopic (exact) mass is 220 g/mol. The highest BCUT2D eigenvalue weighted by molar-refractivity contribution is 5.97. The topological polar surface area (TPSA) is 43.4 Å². The molecule has 1 aromatic rings. The fourth-order valence-corrected chi connectivity index (χ4v) is 1.44. The molecule has 0 aliphatic rings. The maximum Gasteiger partial charge on any atom is 0.140 e. The molecule has 0 heterocycles. The second-order valence-electron chi connectivity index (χ2n) is 3.77. The summed E-state index contributed by atoms with van der Waals surface area (Å²) in [5.74, 6) is 0.738. The van der Waals surface area contributed by atoms with Crippen LogP contribution in [0.1, 0.15) is 25.3 Å². The van der Waals surface area contributed by atoms with Crippen LogP contribution in [0.25, 0.3) is 0 Å². The lowest BCUT2D eigenvalue weighted by Gasteiger charge is -2.02. The maximum atomic E-state index is 11.3. The van der Waals surface area contributed by atoms with E-state index in [1.54, 1.807) is 7.11 Å². The number of carbonyl (C=O) groups excluding carboxylic acids is 2. The molecule has 0 atom stereocenters. The molecule has 0 aliphatic carbocycles. The molecular weight excluding hydrogens is 204 g/mol. The van der Waals surface area contributed by atoms with Crippen molar-refractivity contribution in [2.45, 2.75) is 26.2 Å². The van der Waals surface area contributed by atoms with Gasteiger partial charge in [0.15, 0.2) is 0 Å². The van der Waals surface area contributed by atoms with Crippen LogP contribution < -0.4 is 4.74 Å². The summed E-state index contributed by atoms with van der Waals surface area (Å²) < 4.78 is 5.04. The second-order valence-corrected chi connectivity index (χ2v) is 3.77. The van der Waals surface area contributed by atoms with Gasteiger partial charge in [0, 0.05) is 6.42 Å². The first-order chi connectivity index (χ1) is 7.61. The Kier molecular flexibility index (Phi) is 4.70. The first kappa shape index (κ1) is 12.4. The lowest BCUT2D eigenvalue weighted by Crippen LogP contribution is -2.05. The zero-order valence-corrected chi connectivity index (χ0v) is 9.66. The third-order valence-corrected chi connectivity index (χ3v) is 2.30. The van der Waals surface area contributed by atoms with Gasteiger partial charge in [0.2, 0.25) is 0 Å². The second kappa shape index (κ2) is 6.05. The first-order valence-electron chi connectivity index (χ1n) is 5.26. The zero-order chi connectivity index (χ0) is 12.0. The van der Waals surface area contributed by atoms with E-state index in [9.17, 15) is 9.59 Å². The summed E-state index contributed by atoms with van der Waals surface area (Å²) in [6.07, 6.45) is 1.15. The first-order valence-corrected chi connectivity index (χ1v) is 5.26. The smallest absolute Gasteiger partial charge is 0.140 e. The molecule has 3 heteroatoms. The molecule has 0 fully saturated rings. The third kappa shape index (κ3) is 4.26. The number of aryl methyl sites for hydroxylation is 1. The number of rotatable bonds is 6. The van der Waals surface area contributed by atoms with Crippen molar-refractivity contribution in [3.8, 4) is 5.75 Å². The van der Waals surface area contributed by atoms with Gasteiger partial charge in [0.1, 0.15) is 17.3 Å². The molecule has 3 nitrogen and oxygen atoms in total. The minimum absolute atomic E-state index is 0.00307. The normalized spacial score (nSPS) is 9.88. The van der Waals surface area contributed by atoms with E-state index in [0.717, 1.165) is 11.3 Å². The Balaban J connectivity index is 2.42. The summed E-state index contributed by atoms with van der Waals surface area (Å²) in [5, 5.41) is 0. The number of benzene rings is 1. The van der Waals surface area contributed by atoms with E-state index in [1.807, 2.05) is 24.3 Å². The maximum absolute atomic E-state index is 11.3. The van der Waals surface area contributed by atoms with Crippen molar-refractivity contribution in [3.05, 3.63) is 29.8 Å². The molecule has 1 rings (SSSR count). The van der Waals surface area contributed by atoms with Crippen molar-refractivity contribution in [2.24, 2.45) is 0 Å². The highest BCUT2D eigenvalue weighted by Gasteiger charge is 2.05. The van der Waals surface area contributed by atoms with E-state index in [4.69, 9.17) is 4.74 Å². The molecule has 0 bridgehead atoms. The van der Waals surface area contributed by atoms with Gasteiger partial charge in [-0.3, -0.25) is 9.59 Å². The summed E-state index contributed by atoms with van der Waals surface area (Å²) in [7, 11) is 1.62. The van der Waals surface area contributed by atoms with E-state index in [1.165, 1.54) is 6.92 Å². The van der Waals surface area contributed by atoms with Crippen molar-refractivity contribution >= 4 is 11.6 Å². The Bertz CT molecular complexity index is 365. The lowest BCUT2D eigenvalue weighted by atomic mass is 10.1. The van der Waals surface area contributed by atoms with E-state index in [-0.39, 0.29) is 18.0 Å². The molecule has 0 unspecified atom stereocenters. The predicted molar refractivity (Wildman–Crippen MR) is 61.6 cm³/mol. The van der Waals surface area contributed by atoms with Crippen LogP contribution in [0.2, 0.25) is 0 Å². The van der Waals surface area contributed by atoms with Crippen LogP contribution in [0.3, 0.4) is 0 Å². The van der Waals surface area contributed by atoms with Crippen molar-refractivity contribution < 1.29 is 14.3 Å². The van der Waals surface area contributed by atoms with Gasteiger partial charge in [-0.25, -0.2) is 0 Å². The molecular formula is C13H16O3. The molecule has 0 aliphatic heterocycles. The van der Waals surface area contributed by atoms with E-state index in [2.05, 4.69) is 0 Å². The highest BCUT2D eigenvalue weighted by atomic mass is 16.5. The van der Waals surface area contributed by atoms with Gasteiger partial charge in [-0.15, -0.1) is 0 Å². The van der Waals surface area contributed by atoms with Crippen molar-refractivity contribution in [1.82, 2.24) is 0 Å². The number of ketones is 2. The minimum Gasteiger partial charge on any atom is -0.497 e. The summed E-state index contributed by atoms with van der Waals surface area (Å²) in [5.41, 5.74) is 1.08. The molecule has 86 valence electrons. The number of hydrogen-bond donors (Lipinski definition) is 0. The molecule has 0 saturated heterocycles. The van der Waals surface area contributed by atoms with Crippen molar-refractivity contribution in [1.29, 1.82) is 0 Å². The fourth-order valence-electron chi connectivity index (χ4n) is 1.44. The van der Waals surface area contributed by atoms with Crippen LogP contribution in [-0.2, 0) is 16.0 Å². The molecule has 0 N–H and O–H groups in total. The van der Waals surface area contributed by atoms with Gasteiger partial charge in [-0.05, 0) is 31.0 Å². The zero-order valence-electron chi connectivity index (χ0n) is 9.66. The summed E-state index contributed by atoms with van der Waals surface area (Å²) in [4.78, 5) is 22.0. The van der Waals surface area contributed by atoms with Crippen LogP contribution in [0, 0.1) is 0 Å². The standard InChI is InChI=1S/C13H16O3/c1-10(14)9-12(15)6-3-11-4-7-13(16-2)8-5-11/h4-5,7-8H,3,6,9H2,1-2H3. The van der Waals surface area contributed by atoms with Crippen LogP contribution in [-0.4, -0.2) is 18.7 Å². The molecule has 1 aromatic carbocycles. The van der Waals surface area contributed by atoms with Gasteiger partial charge < -0.3 is 4.74 Å². The average molecular weight is 220 g/mol. The number of carbonyl (C=O) groups is 2. The van der Waals surface area contributed by atoms with Gasteiger partial charge in [-0.2, -0.15) is 0 Å². The van der Waals surface area contributed by atoms with E-state index >= 15 is 0 Å². The van der Waals surface area contributed by atoms with Gasteiger partial charge >= 0.3 is 0 Å². The average Bonchev–Trinajstić information content (AvgIpc) is 2.26. The Morgan fingerprint density at radius 3 is 2.31 bits per heavy atom. The largest absolute Gasteiger partial charge is 0.497 e. The molecule has 0 amide bonds. The van der Waals surface area contributed by atoms with Crippen LogP contribution >= 0.6 is 0 Å². The quantitative estimate of drug-likeness (QED) is 0.690. The van der Waals surface area contributed by atoms with Crippen LogP contribution in [0.4, 0.5) is 0 Å². The van der Waals surface area contributed by atoms with Gasteiger partial charge in [0.05, 0.1) is 13.5 Å². The molecule has 16 heavy (non-hydrogen) atoms. The Hall–Kier alpha value is -1.64. The van der Waals surface area contributed by atoms with Crippen LogP contribution in [0.5, 0.6) is 5.75 Å².